The van der Waals surface area contributed by atoms with Crippen molar-refractivity contribution in [1.29, 1.82) is 0 Å². The molecule has 3 N–H and O–H groups in total. The van der Waals surface area contributed by atoms with Gasteiger partial charge >= 0.3 is 0 Å². The monoisotopic (exact) mass is 306 g/mol. The first-order valence-electron chi connectivity index (χ1n) is 7.47. The smallest absolute Gasteiger partial charge is 0.222 e. The van der Waals surface area contributed by atoms with E-state index in [9.17, 15) is 14.7 Å². The molecule has 2 atom stereocenters. The molecule has 22 heavy (non-hydrogen) atoms. The van der Waals surface area contributed by atoms with Gasteiger partial charge in [0.1, 0.15) is 0 Å². The molecule has 122 valence electrons. The summed E-state index contributed by atoms with van der Waals surface area (Å²) in [4.78, 5) is 23.4. The van der Waals surface area contributed by atoms with Gasteiger partial charge in [-0.25, -0.2) is 0 Å². The summed E-state index contributed by atoms with van der Waals surface area (Å²) in [5.41, 5.74) is 0.591. The lowest BCUT2D eigenvalue weighted by Gasteiger charge is -2.26. The summed E-state index contributed by atoms with van der Waals surface area (Å²) in [6, 6.07) is 8.99. The fourth-order valence-corrected chi connectivity index (χ4v) is 1.96. The Morgan fingerprint density at radius 2 is 1.77 bits per heavy atom. The normalized spacial score (nSPS) is 14.0. The SMILES string of the molecule is CC(=O)NC(CC(=O)NCC(O)C(C)(C)C)c1ccccc1. The van der Waals surface area contributed by atoms with E-state index in [1.165, 1.54) is 6.92 Å². The van der Waals surface area contributed by atoms with Gasteiger partial charge in [0.15, 0.2) is 0 Å². The van der Waals surface area contributed by atoms with E-state index in [1.807, 2.05) is 51.1 Å². The van der Waals surface area contributed by atoms with Crippen LogP contribution in [-0.4, -0.2) is 29.6 Å². The molecule has 5 nitrogen and oxygen atoms in total. The Morgan fingerprint density at radius 3 is 2.27 bits per heavy atom. The van der Waals surface area contributed by atoms with Crippen molar-refractivity contribution in [3.8, 4) is 0 Å². The topological polar surface area (TPSA) is 78.4 Å². The minimum atomic E-state index is -0.618. The molecule has 0 aliphatic carbocycles. The molecule has 0 aromatic heterocycles. The van der Waals surface area contributed by atoms with Gasteiger partial charge in [-0.05, 0) is 11.0 Å². The van der Waals surface area contributed by atoms with E-state index in [4.69, 9.17) is 0 Å². The van der Waals surface area contributed by atoms with Crippen molar-refractivity contribution in [2.24, 2.45) is 5.41 Å². The van der Waals surface area contributed by atoms with E-state index < -0.39 is 6.10 Å². The van der Waals surface area contributed by atoms with Crippen molar-refractivity contribution in [3.63, 3.8) is 0 Å². The summed E-state index contributed by atoms with van der Waals surface area (Å²) in [5.74, 6) is -0.387. The van der Waals surface area contributed by atoms with Crippen molar-refractivity contribution < 1.29 is 14.7 Å². The Balaban J connectivity index is 2.63. The fraction of sp³-hybridized carbons (Fsp3) is 0.529. The first-order chi connectivity index (χ1) is 10.2. The van der Waals surface area contributed by atoms with Crippen LogP contribution in [0.3, 0.4) is 0 Å². The molecule has 2 unspecified atom stereocenters. The van der Waals surface area contributed by atoms with Crippen LogP contribution in [0.25, 0.3) is 0 Å². The third kappa shape index (κ3) is 6.26. The van der Waals surface area contributed by atoms with Crippen molar-refractivity contribution in [1.82, 2.24) is 10.6 Å². The van der Waals surface area contributed by atoms with Gasteiger partial charge in [-0.15, -0.1) is 0 Å². The average Bonchev–Trinajstić information content (AvgIpc) is 2.43. The van der Waals surface area contributed by atoms with Crippen LogP contribution < -0.4 is 10.6 Å². The first kappa shape index (κ1) is 18.2. The maximum atomic E-state index is 12.1. The molecule has 0 spiro atoms. The summed E-state index contributed by atoms with van der Waals surface area (Å²) in [6.07, 6.45) is -0.479. The van der Waals surface area contributed by atoms with Crippen LogP contribution in [0.15, 0.2) is 30.3 Å². The first-order valence-corrected chi connectivity index (χ1v) is 7.47. The highest BCUT2D eigenvalue weighted by atomic mass is 16.3. The minimum absolute atomic E-state index is 0.139. The van der Waals surface area contributed by atoms with Crippen LogP contribution in [0.1, 0.15) is 45.7 Å². The van der Waals surface area contributed by atoms with Crippen molar-refractivity contribution in [2.75, 3.05) is 6.54 Å². The Labute approximate surface area is 132 Å². The Kier molecular flexibility index (Phi) is 6.56. The number of amides is 2. The molecule has 0 radical (unpaired) electrons. The average molecular weight is 306 g/mol. The number of aliphatic hydroxyl groups excluding tert-OH is 1. The van der Waals surface area contributed by atoms with E-state index in [0.29, 0.717) is 0 Å². The molecule has 1 aromatic rings. The van der Waals surface area contributed by atoms with E-state index in [-0.39, 0.29) is 36.2 Å². The molecule has 5 heteroatoms. The van der Waals surface area contributed by atoms with Crippen LogP contribution in [0.2, 0.25) is 0 Å². The molecule has 0 saturated heterocycles. The van der Waals surface area contributed by atoms with E-state index >= 15 is 0 Å². The molecule has 0 saturated carbocycles. The molecule has 0 fully saturated rings. The third-order valence-electron chi connectivity index (χ3n) is 3.46. The lowest BCUT2D eigenvalue weighted by atomic mass is 9.89. The lowest BCUT2D eigenvalue weighted by Crippen LogP contribution is -2.40. The summed E-state index contributed by atoms with van der Waals surface area (Å²) in [5, 5.41) is 15.5. The largest absolute Gasteiger partial charge is 0.391 e. The molecule has 0 bridgehead atoms. The molecule has 2 amide bonds. The van der Waals surface area contributed by atoms with E-state index in [0.717, 1.165) is 5.56 Å². The van der Waals surface area contributed by atoms with Gasteiger partial charge in [-0.3, -0.25) is 9.59 Å². The number of benzene rings is 1. The van der Waals surface area contributed by atoms with Crippen LogP contribution in [0.4, 0.5) is 0 Å². The number of carbonyl (C=O) groups excluding carboxylic acids is 2. The predicted molar refractivity (Wildman–Crippen MR) is 86.1 cm³/mol. The van der Waals surface area contributed by atoms with Crippen molar-refractivity contribution >= 4 is 11.8 Å². The highest BCUT2D eigenvalue weighted by Crippen LogP contribution is 2.19. The van der Waals surface area contributed by atoms with E-state index in [2.05, 4.69) is 10.6 Å². The van der Waals surface area contributed by atoms with Gasteiger partial charge in [0.25, 0.3) is 0 Å². The quantitative estimate of drug-likeness (QED) is 0.749. The standard InChI is InChI=1S/C17H26N2O3/c1-12(20)19-14(13-8-6-5-7-9-13)10-16(22)18-11-15(21)17(2,3)4/h5-9,14-15,21H,10-11H2,1-4H3,(H,18,22)(H,19,20). The number of aliphatic hydroxyl groups is 1. The molecule has 1 rings (SSSR count). The number of rotatable bonds is 6. The second kappa shape index (κ2) is 7.94. The van der Waals surface area contributed by atoms with Crippen molar-refractivity contribution in [3.05, 3.63) is 35.9 Å². The second-order valence-electron chi connectivity index (χ2n) is 6.55. The van der Waals surface area contributed by atoms with Gasteiger partial charge in [-0.2, -0.15) is 0 Å². The molecular formula is C17H26N2O3. The number of carbonyl (C=O) groups is 2. The Bertz CT molecular complexity index is 494. The van der Waals surface area contributed by atoms with Gasteiger partial charge in [0, 0.05) is 13.5 Å². The van der Waals surface area contributed by atoms with Crippen molar-refractivity contribution in [2.45, 2.75) is 46.3 Å². The summed E-state index contributed by atoms with van der Waals surface area (Å²) >= 11 is 0. The lowest BCUT2D eigenvalue weighted by molar-refractivity contribution is -0.123. The van der Waals surface area contributed by atoms with Gasteiger partial charge < -0.3 is 15.7 Å². The molecule has 0 aliphatic rings. The van der Waals surface area contributed by atoms with Gasteiger partial charge in [0.2, 0.25) is 11.8 Å². The van der Waals surface area contributed by atoms with Gasteiger partial charge in [-0.1, -0.05) is 51.1 Å². The Morgan fingerprint density at radius 1 is 1.18 bits per heavy atom. The number of nitrogens with one attached hydrogen (secondary N) is 2. The second-order valence-corrected chi connectivity index (χ2v) is 6.55. The highest BCUT2D eigenvalue weighted by Gasteiger charge is 2.23. The molecular weight excluding hydrogens is 280 g/mol. The summed E-state index contributed by atoms with van der Waals surface area (Å²) in [6.45, 7) is 7.36. The zero-order valence-electron chi connectivity index (χ0n) is 13.7. The minimum Gasteiger partial charge on any atom is -0.391 e. The van der Waals surface area contributed by atoms with Crippen LogP contribution in [0, 0.1) is 5.41 Å². The zero-order chi connectivity index (χ0) is 16.8. The number of hydrogen-bond acceptors (Lipinski definition) is 3. The third-order valence-corrected chi connectivity index (χ3v) is 3.46. The maximum Gasteiger partial charge on any atom is 0.222 e. The number of hydrogen-bond donors (Lipinski definition) is 3. The summed E-state index contributed by atoms with van der Waals surface area (Å²) < 4.78 is 0. The molecule has 1 aromatic carbocycles. The van der Waals surface area contributed by atoms with Crippen LogP contribution in [0.5, 0.6) is 0 Å². The van der Waals surface area contributed by atoms with Crippen LogP contribution in [-0.2, 0) is 9.59 Å². The summed E-state index contributed by atoms with van der Waals surface area (Å²) in [7, 11) is 0. The van der Waals surface area contributed by atoms with Gasteiger partial charge in [0.05, 0.1) is 18.6 Å². The fourth-order valence-electron chi connectivity index (χ4n) is 1.96. The molecule has 0 heterocycles. The predicted octanol–water partition coefficient (Wildman–Crippen LogP) is 1.78. The van der Waals surface area contributed by atoms with Crippen LogP contribution >= 0.6 is 0 Å². The molecule has 0 aliphatic heterocycles. The zero-order valence-corrected chi connectivity index (χ0v) is 13.7. The highest BCUT2D eigenvalue weighted by molar-refractivity contribution is 5.79. The Hall–Kier alpha value is -1.88. The van der Waals surface area contributed by atoms with E-state index in [1.54, 1.807) is 0 Å². The maximum absolute atomic E-state index is 12.1.